The molecule has 0 bridgehead atoms. The second-order valence-electron chi connectivity index (χ2n) is 8.07. The number of methoxy groups -OCH3 is 2. The first-order valence-electron chi connectivity index (χ1n) is 11.0. The van der Waals surface area contributed by atoms with Crippen molar-refractivity contribution in [1.29, 1.82) is 0 Å². The van der Waals surface area contributed by atoms with E-state index in [1.54, 1.807) is 26.7 Å². The smallest absolute Gasteiger partial charge is 0.180 e. The monoisotopic (exact) mass is 442 g/mol. The molecule has 8 heteroatoms. The number of hydrogen-bond donors (Lipinski definition) is 0. The Balaban J connectivity index is 1.39. The number of aryl methyl sites for hydroxylation is 2. The predicted molar refractivity (Wildman–Crippen MR) is 126 cm³/mol. The molecule has 5 rings (SSSR count). The summed E-state index contributed by atoms with van der Waals surface area (Å²) in [7, 11) is 3.32. The van der Waals surface area contributed by atoms with Crippen LogP contribution in [0.2, 0.25) is 0 Å². The topological polar surface area (TPSA) is 79.9 Å². The van der Waals surface area contributed by atoms with Crippen LogP contribution in [0.3, 0.4) is 0 Å². The maximum Gasteiger partial charge on any atom is 0.180 e. The van der Waals surface area contributed by atoms with Crippen LogP contribution in [0.5, 0.6) is 11.5 Å². The summed E-state index contributed by atoms with van der Waals surface area (Å²) in [6, 6.07) is 10.2. The largest absolute Gasteiger partial charge is 0.497 e. The van der Waals surface area contributed by atoms with Crippen LogP contribution in [0.25, 0.3) is 18.0 Å². The third kappa shape index (κ3) is 4.24. The van der Waals surface area contributed by atoms with Gasteiger partial charge in [-0.15, -0.1) is 0 Å². The van der Waals surface area contributed by atoms with E-state index in [2.05, 4.69) is 22.1 Å². The van der Waals surface area contributed by atoms with E-state index in [1.165, 1.54) is 5.56 Å². The van der Waals surface area contributed by atoms with Gasteiger partial charge in [0.25, 0.3) is 0 Å². The lowest BCUT2D eigenvalue weighted by atomic mass is 9.91. The first-order chi connectivity index (χ1) is 16.1. The van der Waals surface area contributed by atoms with Gasteiger partial charge < -0.3 is 9.47 Å². The molecule has 1 aliphatic rings. The first-order valence-corrected chi connectivity index (χ1v) is 11.0. The summed E-state index contributed by atoms with van der Waals surface area (Å²) in [6.45, 7) is 2.83. The highest BCUT2D eigenvalue weighted by molar-refractivity contribution is 5.67. The molecule has 0 spiro atoms. The summed E-state index contributed by atoms with van der Waals surface area (Å²) in [5, 5.41) is 4.72. The molecule has 8 nitrogen and oxygen atoms in total. The molecule has 1 aromatic carbocycles. The number of pyridine rings is 1. The minimum atomic E-state index is 0.235. The molecule has 168 valence electrons. The van der Waals surface area contributed by atoms with Crippen molar-refractivity contribution in [1.82, 2.24) is 29.3 Å². The molecular formula is C25H26N6O2. The van der Waals surface area contributed by atoms with Gasteiger partial charge in [-0.25, -0.2) is 19.6 Å². The van der Waals surface area contributed by atoms with E-state index in [9.17, 15) is 0 Å². The van der Waals surface area contributed by atoms with Gasteiger partial charge in [0, 0.05) is 24.9 Å². The summed E-state index contributed by atoms with van der Waals surface area (Å²) in [5.41, 5.74) is 3.07. The quantitative estimate of drug-likeness (QED) is 0.443. The van der Waals surface area contributed by atoms with Gasteiger partial charge >= 0.3 is 0 Å². The average Bonchev–Trinajstić information content (AvgIpc) is 3.48. The van der Waals surface area contributed by atoms with Crippen molar-refractivity contribution in [2.24, 2.45) is 0 Å². The van der Waals surface area contributed by atoms with Crippen LogP contribution in [-0.2, 0) is 6.54 Å². The maximum atomic E-state index is 5.56. The molecule has 0 radical (unpaired) electrons. The summed E-state index contributed by atoms with van der Waals surface area (Å²) in [5.74, 6) is 4.17. The van der Waals surface area contributed by atoms with Crippen LogP contribution < -0.4 is 9.47 Å². The molecule has 0 fully saturated rings. The van der Waals surface area contributed by atoms with E-state index in [1.807, 2.05) is 52.7 Å². The van der Waals surface area contributed by atoms with Crippen LogP contribution >= 0.6 is 0 Å². The van der Waals surface area contributed by atoms with Crippen LogP contribution in [0.15, 0.2) is 49.1 Å². The van der Waals surface area contributed by atoms with E-state index in [0.717, 1.165) is 42.2 Å². The molecule has 1 aliphatic heterocycles. The number of aromatic nitrogens is 6. The Hall–Kier alpha value is -3.94. The summed E-state index contributed by atoms with van der Waals surface area (Å²) in [4.78, 5) is 13.7. The molecule has 0 amide bonds. The molecule has 0 saturated heterocycles. The number of fused-ring (bicyclic) bond motifs is 1. The van der Waals surface area contributed by atoms with Crippen LogP contribution in [0.1, 0.15) is 47.2 Å². The maximum absolute atomic E-state index is 5.56. The fourth-order valence-corrected chi connectivity index (χ4v) is 4.19. The molecule has 33 heavy (non-hydrogen) atoms. The fraction of sp³-hybridized carbons (Fsp3) is 0.280. The van der Waals surface area contributed by atoms with E-state index in [4.69, 9.17) is 19.6 Å². The number of hydrogen-bond acceptors (Lipinski definition) is 6. The normalized spacial score (nSPS) is 15.5. The number of imidazole rings is 1. The van der Waals surface area contributed by atoms with Crippen LogP contribution in [0.4, 0.5) is 0 Å². The third-order valence-electron chi connectivity index (χ3n) is 5.86. The summed E-state index contributed by atoms with van der Waals surface area (Å²) < 4.78 is 14.7. The van der Waals surface area contributed by atoms with Crippen LogP contribution in [0, 0.1) is 6.92 Å². The predicted octanol–water partition coefficient (Wildman–Crippen LogP) is 4.28. The average molecular weight is 443 g/mol. The Labute approximate surface area is 192 Å². The van der Waals surface area contributed by atoms with Gasteiger partial charge in [-0.2, -0.15) is 5.10 Å². The van der Waals surface area contributed by atoms with Crippen molar-refractivity contribution in [3.05, 3.63) is 77.5 Å². The molecule has 3 aromatic heterocycles. The number of benzene rings is 1. The van der Waals surface area contributed by atoms with E-state index in [0.29, 0.717) is 17.4 Å². The zero-order valence-corrected chi connectivity index (χ0v) is 19.0. The van der Waals surface area contributed by atoms with Gasteiger partial charge in [0.15, 0.2) is 17.4 Å². The Bertz CT molecular complexity index is 1290. The Morgan fingerprint density at radius 1 is 1.06 bits per heavy atom. The molecule has 0 saturated carbocycles. The van der Waals surface area contributed by atoms with Crippen molar-refractivity contribution in [2.45, 2.75) is 32.2 Å². The zero-order chi connectivity index (χ0) is 22.8. The van der Waals surface area contributed by atoms with Crippen molar-refractivity contribution >= 4 is 12.2 Å². The highest BCUT2D eigenvalue weighted by Crippen LogP contribution is 2.33. The van der Waals surface area contributed by atoms with Crippen LogP contribution in [-0.4, -0.2) is 43.5 Å². The Morgan fingerprint density at radius 3 is 2.64 bits per heavy atom. The fourth-order valence-electron chi connectivity index (χ4n) is 4.19. The summed E-state index contributed by atoms with van der Waals surface area (Å²) in [6.07, 6.45) is 11.5. The molecule has 0 aliphatic carbocycles. The van der Waals surface area contributed by atoms with Crippen molar-refractivity contribution < 1.29 is 9.47 Å². The SMILES string of the molecule is COc1ccc([C@H]2CCCn3nc(/C=C/c4cnc(-n5cnc(C)c5)c(OC)c4)nc32)cc1. The second-order valence-corrected chi connectivity index (χ2v) is 8.07. The highest BCUT2D eigenvalue weighted by Gasteiger charge is 2.25. The zero-order valence-electron chi connectivity index (χ0n) is 19.0. The third-order valence-corrected chi connectivity index (χ3v) is 5.86. The molecule has 4 heterocycles. The number of ether oxygens (including phenoxy) is 2. The minimum absolute atomic E-state index is 0.235. The van der Waals surface area contributed by atoms with Gasteiger partial charge in [-0.1, -0.05) is 12.1 Å². The number of rotatable bonds is 6. The van der Waals surface area contributed by atoms with Crippen molar-refractivity contribution in [3.63, 3.8) is 0 Å². The molecule has 4 aromatic rings. The lowest BCUT2D eigenvalue weighted by Crippen LogP contribution is -2.17. The van der Waals surface area contributed by atoms with E-state index < -0.39 is 0 Å². The van der Waals surface area contributed by atoms with Gasteiger partial charge in [0.2, 0.25) is 0 Å². The Kier molecular flexibility index (Phi) is 5.64. The molecule has 0 unspecified atom stereocenters. The highest BCUT2D eigenvalue weighted by atomic mass is 16.5. The van der Waals surface area contributed by atoms with Gasteiger partial charge in [-0.3, -0.25) is 4.57 Å². The first kappa shape index (κ1) is 20.9. The van der Waals surface area contributed by atoms with Crippen molar-refractivity contribution in [2.75, 3.05) is 14.2 Å². The molecule has 0 N–H and O–H groups in total. The van der Waals surface area contributed by atoms with Gasteiger partial charge in [0.05, 0.1) is 19.9 Å². The minimum Gasteiger partial charge on any atom is -0.497 e. The standard InChI is InChI=1S/C25H26N6O2/c1-17-15-30(16-27-17)25-22(33-3)13-18(14-26-25)6-11-23-28-24-21(5-4-12-31(24)29-23)19-7-9-20(32-2)10-8-19/h6-11,13-16,21H,4-5,12H2,1-3H3/b11-6+/t21-/m1/s1. The summed E-state index contributed by atoms with van der Waals surface area (Å²) >= 11 is 0. The molecule has 1 atom stereocenters. The molecular weight excluding hydrogens is 416 g/mol. The van der Waals surface area contributed by atoms with E-state index >= 15 is 0 Å². The lowest BCUT2D eigenvalue weighted by molar-refractivity contribution is 0.410. The van der Waals surface area contributed by atoms with Gasteiger partial charge in [0.1, 0.15) is 17.9 Å². The Morgan fingerprint density at radius 2 is 1.91 bits per heavy atom. The number of nitrogens with zero attached hydrogens (tertiary/aromatic N) is 6. The lowest BCUT2D eigenvalue weighted by Gasteiger charge is -2.22. The second kappa shape index (κ2) is 8.90. The van der Waals surface area contributed by atoms with E-state index in [-0.39, 0.29) is 5.92 Å². The van der Waals surface area contributed by atoms with Crippen molar-refractivity contribution in [3.8, 4) is 17.3 Å². The van der Waals surface area contributed by atoms with Gasteiger partial charge in [-0.05, 0) is 61.2 Å².